The minimum absolute atomic E-state index is 0.0601. The van der Waals surface area contributed by atoms with Gasteiger partial charge in [0.05, 0.1) is 4.88 Å². The Kier molecular flexibility index (Phi) is 4.20. The maximum Gasteiger partial charge on any atom is 0.261 e. The molecule has 0 aliphatic heterocycles. The van der Waals surface area contributed by atoms with E-state index in [4.69, 9.17) is 0 Å². The van der Waals surface area contributed by atoms with Gasteiger partial charge in [-0.3, -0.25) is 4.79 Å². The van der Waals surface area contributed by atoms with Gasteiger partial charge >= 0.3 is 0 Å². The van der Waals surface area contributed by atoms with Gasteiger partial charge in [0, 0.05) is 11.2 Å². The molecule has 0 unspecified atom stereocenters. The van der Waals surface area contributed by atoms with E-state index in [1.165, 1.54) is 23.5 Å². The number of thiophene rings is 1. The number of carbonyl (C=O) groups is 1. The van der Waals surface area contributed by atoms with E-state index < -0.39 is 0 Å². The molecule has 2 aromatic carbocycles. The lowest BCUT2D eigenvalue weighted by Gasteiger charge is -2.05. The molecule has 4 heteroatoms. The molecule has 0 aliphatic carbocycles. The van der Waals surface area contributed by atoms with Gasteiger partial charge in [0.1, 0.15) is 5.82 Å². The van der Waals surface area contributed by atoms with Crippen LogP contribution in [0.4, 0.5) is 4.39 Å². The third-order valence-corrected chi connectivity index (χ3v) is 4.91. The van der Waals surface area contributed by atoms with E-state index in [0.29, 0.717) is 13.0 Å². The minimum Gasteiger partial charge on any atom is -0.351 e. The topological polar surface area (TPSA) is 29.1 Å². The van der Waals surface area contributed by atoms with Crippen LogP contribution in [0, 0.1) is 12.7 Å². The lowest BCUT2D eigenvalue weighted by Crippen LogP contribution is -2.25. The summed E-state index contributed by atoms with van der Waals surface area (Å²) in [6, 6.07) is 14.5. The van der Waals surface area contributed by atoms with Crippen molar-refractivity contribution in [2.24, 2.45) is 0 Å². The number of hydrogen-bond donors (Lipinski definition) is 1. The Labute approximate surface area is 132 Å². The fourth-order valence-corrected chi connectivity index (χ4v) is 3.61. The monoisotopic (exact) mass is 313 g/mol. The predicted molar refractivity (Wildman–Crippen MR) is 89.0 cm³/mol. The molecule has 0 saturated heterocycles. The smallest absolute Gasteiger partial charge is 0.261 e. The highest BCUT2D eigenvalue weighted by Gasteiger charge is 2.14. The molecule has 0 saturated carbocycles. The molecule has 0 spiro atoms. The Bertz CT molecular complexity index is 825. The molecule has 1 aromatic heterocycles. The second kappa shape index (κ2) is 6.28. The highest BCUT2D eigenvalue weighted by molar-refractivity contribution is 7.21. The molecule has 0 atom stereocenters. The highest BCUT2D eigenvalue weighted by Crippen LogP contribution is 2.30. The number of halogens is 1. The molecule has 1 amide bonds. The fourth-order valence-electron chi connectivity index (χ4n) is 2.48. The predicted octanol–water partition coefficient (Wildman–Crippen LogP) is 4.32. The molecule has 0 fully saturated rings. The van der Waals surface area contributed by atoms with Gasteiger partial charge in [-0.2, -0.15) is 0 Å². The first-order valence-corrected chi connectivity index (χ1v) is 7.97. The van der Waals surface area contributed by atoms with E-state index in [0.717, 1.165) is 26.1 Å². The lowest BCUT2D eigenvalue weighted by molar-refractivity contribution is 0.0957. The standard InChI is InChI=1S/C18H16FNOS/c1-12-15-7-2-3-8-16(15)22-17(12)18(21)20-10-9-13-5-4-6-14(19)11-13/h2-8,11H,9-10H2,1H3,(H,20,21). The van der Waals surface area contributed by atoms with Crippen LogP contribution < -0.4 is 5.32 Å². The van der Waals surface area contributed by atoms with Crippen molar-refractivity contribution in [1.29, 1.82) is 0 Å². The first kappa shape index (κ1) is 14.7. The van der Waals surface area contributed by atoms with Crippen molar-refractivity contribution in [3.63, 3.8) is 0 Å². The normalized spacial score (nSPS) is 10.8. The van der Waals surface area contributed by atoms with Gasteiger partial charge in [-0.05, 0) is 48.1 Å². The molecular weight excluding hydrogens is 297 g/mol. The number of benzene rings is 2. The van der Waals surface area contributed by atoms with Gasteiger partial charge in [0.15, 0.2) is 0 Å². The van der Waals surface area contributed by atoms with Gasteiger partial charge in [0.2, 0.25) is 0 Å². The largest absolute Gasteiger partial charge is 0.351 e. The number of fused-ring (bicyclic) bond motifs is 1. The Hall–Kier alpha value is -2.20. The van der Waals surface area contributed by atoms with Gasteiger partial charge in [-0.1, -0.05) is 30.3 Å². The van der Waals surface area contributed by atoms with E-state index >= 15 is 0 Å². The number of hydrogen-bond acceptors (Lipinski definition) is 2. The Morgan fingerprint density at radius 1 is 1.18 bits per heavy atom. The SMILES string of the molecule is Cc1c(C(=O)NCCc2cccc(F)c2)sc2ccccc12. The van der Waals surface area contributed by atoms with Crippen LogP contribution in [0.25, 0.3) is 10.1 Å². The van der Waals surface area contributed by atoms with Crippen LogP contribution >= 0.6 is 11.3 Å². The summed E-state index contributed by atoms with van der Waals surface area (Å²) in [6.45, 7) is 2.47. The third kappa shape index (κ3) is 3.02. The van der Waals surface area contributed by atoms with Crippen LogP contribution in [0.1, 0.15) is 20.8 Å². The lowest BCUT2D eigenvalue weighted by atomic mass is 10.1. The van der Waals surface area contributed by atoms with Gasteiger partial charge < -0.3 is 5.32 Å². The zero-order chi connectivity index (χ0) is 15.5. The van der Waals surface area contributed by atoms with Crippen LogP contribution in [-0.2, 0) is 6.42 Å². The van der Waals surface area contributed by atoms with E-state index in [9.17, 15) is 9.18 Å². The van der Waals surface area contributed by atoms with Crippen LogP contribution in [-0.4, -0.2) is 12.5 Å². The molecule has 112 valence electrons. The van der Waals surface area contributed by atoms with Crippen molar-refractivity contribution in [2.75, 3.05) is 6.54 Å². The fraction of sp³-hybridized carbons (Fsp3) is 0.167. The number of carbonyl (C=O) groups excluding carboxylic acids is 1. The Balaban J connectivity index is 1.67. The maximum atomic E-state index is 13.1. The third-order valence-electron chi connectivity index (χ3n) is 3.64. The average Bonchev–Trinajstić information content (AvgIpc) is 2.85. The second-order valence-electron chi connectivity index (χ2n) is 5.19. The number of nitrogens with one attached hydrogen (secondary N) is 1. The molecule has 3 aromatic rings. The molecule has 3 rings (SSSR count). The summed E-state index contributed by atoms with van der Waals surface area (Å²) < 4.78 is 14.2. The second-order valence-corrected chi connectivity index (χ2v) is 6.24. The van der Waals surface area contributed by atoms with Crippen LogP contribution in [0.15, 0.2) is 48.5 Å². The van der Waals surface area contributed by atoms with E-state index in [1.807, 2.05) is 37.3 Å². The molecule has 2 nitrogen and oxygen atoms in total. The van der Waals surface area contributed by atoms with Crippen molar-refractivity contribution < 1.29 is 9.18 Å². The number of rotatable bonds is 4. The number of aryl methyl sites for hydroxylation is 1. The van der Waals surface area contributed by atoms with Crippen molar-refractivity contribution >= 4 is 27.3 Å². The summed E-state index contributed by atoms with van der Waals surface area (Å²) in [5.74, 6) is -0.306. The summed E-state index contributed by atoms with van der Waals surface area (Å²) in [5, 5.41) is 4.05. The Morgan fingerprint density at radius 3 is 2.77 bits per heavy atom. The molecule has 0 bridgehead atoms. The number of amides is 1. The summed E-state index contributed by atoms with van der Waals surface area (Å²) in [4.78, 5) is 13.1. The Morgan fingerprint density at radius 2 is 2.00 bits per heavy atom. The molecule has 0 radical (unpaired) electrons. The molecular formula is C18H16FNOS. The van der Waals surface area contributed by atoms with Crippen molar-refractivity contribution in [1.82, 2.24) is 5.32 Å². The van der Waals surface area contributed by atoms with Gasteiger partial charge in [-0.15, -0.1) is 11.3 Å². The van der Waals surface area contributed by atoms with Crippen molar-refractivity contribution in [3.05, 3.63) is 70.4 Å². The highest BCUT2D eigenvalue weighted by atomic mass is 32.1. The van der Waals surface area contributed by atoms with Crippen molar-refractivity contribution in [3.8, 4) is 0 Å². The minimum atomic E-state index is -0.246. The first-order chi connectivity index (χ1) is 10.6. The molecule has 1 heterocycles. The summed E-state index contributed by atoms with van der Waals surface area (Å²) in [6.07, 6.45) is 0.618. The summed E-state index contributed by atoms with van der Waals surface area (Å²) in [7, 11) is 0. The zero-order valence-corrected chi connectivity index (χ0v) is 13.0. The van der Waals surface area contributed by atoms with Crippen molar-refractivity contribution in [2.45, 2.75) is 13.3 Å². The molecule has 1 N–H and O–H groups in total. The molecule has 0 aliphatic rings. The summed E-state index contributed by atoms with van der Waals surface area (Å²) >= 11 is 1.51. The van der Waals surface area contributed by atoms with E-state index in [1.54, 1.807) is 6.07 Å². The molecule has 22 heavy (non-hydrogen) atoms. The maximum absolute atomic E-state index is 13.1. The van der Waals surface area contributed by atoms with E-state index in [2.05, 4.69) is 5.32 Å². The van der Waals surface area contributed by atoms with Crippen LogP contribution in [0.5, 0.6) is 0 Å². The zero-order valence-electron chi connectivity index (χ0n) is 12.2. The average molecular weight is 313 g/mol. The quantitative estimate of drug-likeness (QED) is 0.763. The van der Waals surface area contributed by atoms with Crippen LogP contribution in [0.3, 0.4) is 0 Å². The first-order valence-electron chi connectivity index (χ1n) is 7.16. The van der Waals surface area contributed by atoms with Gasteiger partial charge in [0.25, 0.3) is 5.91 Å². The summed E-state index contributed by atoms with van der Waals surface area (Å²) in [5.41, 5.74) is 1.90. The van der Waals surface area contributed by atoms with Crippen LogP contribution in [0.2, 0.25) is 0 Å². The van der Waals surface area contributed by atoms with E-state index in [-0.39, 0.29) is 11.7 Å². The van der Waals surface area contributed by atoms with Gasteiger partial charge in [-0.25, -0.2) is 4.39 Å².